The lowest BCUT2D eigenvalue weighted by Gasteiger charge is -2.30. The first-order valence-electron chi connectivity index (χ1n) is 10.7. The summed E-state index contributed by atoms with van der Waals surface area (Å²) in [5, 5.41) is 9.13. The summed E-state index contributed by atoms with van der Waals surface area (Å²) in [4.78, 5) is 13.1. The molecule has 1 aromatic heterocycles. The Morgan fingerprint density at radius 2 is 1.91 bits per heavy atom. The molecule has 1 amide bonds. The van der Waals surface area contributed by atoms with E-state index in [1.807, 2.05) is 31.2 Å². The summed E-state index contributed by atoms with van der Waals surface area (Å²) in [6.07, 6.45) is 0.496. The Balaban J connectivity index is 1.59. The minimum atomic E-state index is -2.66. The second-order valence-electron chi connectivity index (χ2n) is 8.89. The average molecular weight is 500 g/mol. The molecule has 0 spiro atoms. The Hall–Kier alpha value is -2.91. The van der Waals surface area contributed by atoms with Gasteiger partial charge in [0.2, 0.25) is 0 Å². The van der Waals surface area contributed by atoms with Crippen molar-refractivity contribution in [2.45, 2.75) is 18.9 Å². The van der Waals surface area contributed by atoms with E-state index in [1.54, 1.807) is 35.0 Å². The van der Waals surface area contributed by atoms with Crippen molar-refractivity contribution < 1.29 is 18.3 Å². The van der Waals surface area contributed by atoms with Gasteiger partial charge in [-0.2, -0.15) is 15.7 Å². The van der Waals surface area contributed by atoms with E-state index in [2.05, 4.69) is 5.32 Å². The molecule has 1 fully saturated rings. The molecule has 5 rings (SSSR count). The van der Waals surface area contributed by atoms with Gasteiger partial charge < -0.3 is 5.32 Å². The topological polar surface area (TPSA) is 87.4 Å². The first-order chi connectivity index (χ1) is 16.1. The van der Waals surface area contributed by atoms with Crippen LogP contribution in [0, 0.1) is 5.82 Å². The lowest BCUT2D eigenvalue weighted by Crippen LogP contribution is -2.46. The number of benzene rings is 3. The quantitative estimate of drug-likeness (QED) is 0.315. The number of aromatic nitrogens is 2. The van der Waals surface area contributed by atoms with Crippen LogP contribution in [-0.4, -0.2) is 41.8 Å². The summed E-state index contributed by atoms with van der Waals surface area (Å²) in [5.74, 6) is -0.243. The Morgan fingerprint density at radius 3 is 2.59 bits per heavy atom. The van der Waals surface area contributed by atoms with Crippen molar-refractivity contribution in [3.8, 4) is 16.9 Å². The van der Waals surface area contributed by atoms with Crippen LogP contribution in [0.3, 0.4) is 0 Å². The molecule has 6 nitrogen and oxygen atoms in total. The van der Waals surface area contributed by atoms with Crippen molar-refractivity contribution in [3.63, 3.8) is 0 Å². The number of hydrogen-bond acceptors (Lipinski definition) is 4. The van der Waals surface area contributed by atoms with Crippen molar-refractivity contribution in [2.24, 2.45) is 0 Å². The fourth-order valence-corrected chi connectivity index (χ4v) is 6.72. The fourth-order valence-electron chi connectivity index (χ4n) is 4.37. The average Bonchev–Trinajstić information content (AvgIpc) is 3.30. The van der Waals surface area contributed by atoms with Gasteiger partial charge in [0.05, 0.1) is 22.5 Å². The van der Waals surface area contributed by atoms with E-state index in [0.29, 0.717) is 33.9 Å². The van der Waals surface area contributed by atoms with Crippen LogP contribution < -0.4 is 5.32 Å². The molecule has 0 aliphatic carbocycles. The van der Waals surface area contributed by atoms with Gasteiger partial charge in [0.15, 0.2) is 0 Å². The van der Waals surface area contributed by atoms with Crippen LogP contribution in [0.2, 0.25) is 5.02 Å². The largest absolute Gasteiger partial charge is 0.345 e. The third-order valence-electron chi connectivity index (χ3n) is 6.06. The molecule has 1 aliphatic heterocycles. The molecule has 3 N–H and O–H groups in total. The third kappa shape index (κ3) is 4.42. The summed E-state index contributed by atoms with van der Waals surface area (Å²) in [6, 6.07) is 18.6. The maximum absolute atomic E-state index is 13.6. The highest BCUT2D eigenvalue weighted by Crippen LogP contribution is 2.50. The molecule has 0 radical (unpaired) electrons. The maximum atomic E-state index is 13.6. The van der Waals surface area contributed by atoms with E-state index in [4.69, 9.17) is 16.7 Å². The smallest absolute Gasteiger partial charge is 0.251 e. The zero-order valence-electron chi connectivity index (χ0n) is 18.3. The molecule has 2 heterocycles. The van der Waals surface area contributed by atoms with Gasteiger partial charge in [-0.1, -0.05) is 23.7 Å². The van der Waals surface area contributed by atoms with Gasteiger partial charge >= 0.3 is 0 Å². The summed E-state index contributed by atoms with van der Waals surface area (Å²) in [6.45, 7) is 1.82. The van der Waals surface area contributed by atoms with Crippen molar-refractivity contribution in [3.05, 3.63) is 83.1 Å². The SMILES string of the molecule is CC1(NC(=O)c2ccc3c(-c4cccc(Cl)c4)nn(-c4ccc(F)cc4)c3c2)CCS(O)(O)C1. The summed E-state index contributed by atoms with van der Waals surface area (Å²) in [7, 11) is -2.66. The van der Waals surface area contributed by atoms with Crippen molar-refractivity contribution in [1.82, 2.24) is 15.1 Å². The molecule has 1 unspecified atom stereocenters. The molecular formula is C25H23ClFN3O3S. The predicted molar refractivity (Wildman–Crippen MR) is 135 cm³/mol. The number of nitrogens with zero attached hydrogens (tertiary/aromatic N) is 2. The molecule has 0 bridgehead atoms. The van der Waals surface area contributed by atoms with Crippen molar-refractivity contribution in [2.75, 3.05) is 11.5 Å². The van der Waals surface area contributed by atoms with Crippen molar-refractivity contribution in [1.29, 1.82) is 0 Å². The molecule has 0 saturated carbocycles. The number of hydrogen-bond donors (Lipinski definition) is 3. The second-order valence-corrected chi connectivity index (χ2v) is 11.6. The molecule has 1 saturated heterocycles. The van der Waals surface area contributed by atoms with Crippen LogP contribution in [0.4, 0.5) is 4.39 Å². The highest BCUT2D eigenvalue weighted by Gasteiger charge is 2.39. The van der Waals surface area contributed by atoms with Crippen LogP contribution in [0.25, 0.3) is 27.8 Å². The molecule has 176 valence electrons. The monoisotopic (exact) mass is 499 g/mol. The molecule has 4 aromatic rings. The van der Waals surface area contributed by atoms with E-state index in [0.717, 1.165) is 10.9 Å². The number of halogens is 2. The van der Waals surface area contributed by atoms with Crippen molar-refractivity contribution >= 4 is 39.0 Å². The molecule has 3 aromatic carbocycles. The Kier molecular flexibility index (Phi) is 5.64. The van der Waals surface area contributed by atoms with Gasteiger partial charge in [0.1, 0.15) is 11.5 Å². The number of carbonyl (C=O) groups is 1. The normalized spacial score (nSPS) is 20.4. The summed E-state index contributed by atoms with van der Waals surface area (Å²) in [5.41, 5.74) is 2.56. The third-order valence-corrected chi connectivity index (χ3v) is 8.25. The van der Waals surface area contributed by atoms with Gasteiger partial charge in [-0.15, -0.1) is 0 Å². The number of nitrogens with one attached hydrogen (secondary N) is 1. The van der Waals surface area contributed by atoms with Crippen LogP contribution in [0.15, 0.2) is 66.7 Å². The Labute approximate surface area is 202 Å². The predicted octanol–water partition coefficient (Wildman–Crippen LogP) is 6.13. The van der Waals surface area contributed by atoms with Crippen LogP contribution in [0.1, 0.15) is 23.7 Å². The van der Waals surface area contributed by atoms with Gasteiger partial charge in [0, 0.05) is 27.3 Å². The Bertz CT molecular complexity index is 1410. The lowest BCUT2D eigenvalue weighted by atomic mass is 10.0. The first-order valence-corrected chi connectivity index (χ1v) is 13.0. The first kappa shape index (κ1) is 22.9. The summed E-state index contributed by atoms with van der Waals surface area (Å²) >= 11 is 6.20. The van der Waals surface area contributed by atoms with E-state index >= 15 is 0 Å². The number of amides is 1. The molecule has 1 atom stereocenters. The maximum Gasteiger partial charge on any atom is 0.251 e. The standard InChI is InChI=1S/C25H23ClFN3O3S/c1-25(11-12-34(32,33)15-25)28-24(31)17-5-10-21-22(14-17)30(20-8-6-19(27)7-9-20)29-23(21)16-3-2-4-18(26)13-16/h2-10,13-14,32-33H,11-12,15H2,1H3,(H,28,31). The van der Waals surface area contributed by atoms with Gasteiger partial charge in [0.25, 0.3) is 5.91 Å². The molecule has 9 heteroatoms. The van der Waals surface area contributed by atoms with Gasteiger partial charge in [-0.05, 0) is 67.9 Å². The molecule has 1 aliphatic rings. The number of fused-ring (bicyclic) bond motifs is 1. The van der Waals surface area contributed by atoms with Gasteiger partial charge in [-0.25, -0.2) is 9.07 Å². The van der Waals surface area contributed by atoms with E-state index in [1.165, 1.54) is 12.1 Å². The number of rotatable bonds is 4. The lowest BCUT2D eigenvalue weighted by molar-refractivity contribution is 0.0915. The minimum absolute atomic E-state index is 0.139. The zero-order chi connectivity index (χ0) is 24.1. The van der Waals surface area contributed by atoms with E-state index < -0.39 is 16.1 Å². The minimum Gasteiger partial charge on any atom is -0.345 e. The van der Waals surface area contributed by atoms with E-state index in [-0.39, 0.29) is 23.2 Å². The van der Waals surface area contributed by atoms with Gasteiger partial charge in [-0.3, -0.25) is 13.9 Å². The van der Waals surface area contributed by atoms with Crippen LogP contribution in [0.5, 0.6) is 0 Å². The number of carbonyl (C=O) groups excluding carboxylic acids is 1. The van der Waals surface area contributed by atoms with E-state index in [9.17, 15) is 18.3 Å². The fraction of sp³-hybridized carbons (Fsp3) is 0.200. The highest BCUT2D eigenvalue weighted by molar-refractivity contribution is 8.24. The summed E-state index contributed by atoms with van der Waals surface area (Å²) < 4.78 is 35.2. The highest BCUT2D eigenvalue weighted by atomic mass is 35.5. The molecule has 34 heavy (non-hydrogen) atoms. The zero-order valence-corrected chi connectivity index (χ0v) is 19.9. The Morgan fingerprint density at radius 1 is 1.15 bits per heavy atom. The van der Waals surface area contributed by atoms with Crippen LogP contribution >= 0.6 is 22.2 Å². The second kappa shape index (κ2) is 8.39. The molecular weight excluding hydrogens is 477 g/mol. The van der Waals surface area contributed by atoms with Crippen LogP contribution in [-0.2, 0) is 0 Å².